The lowest BCUT2D eigenvalue weighted by atomic mass is 10.3. The summed E-state index contributed by atoms with van der Waals surface area (Å²) in [5.41, 5.74) is 0.421. The van der Waals surface area contributed by atoms with Gasteiger partial charge in [-0.25, -0.2) is 4.39 Å². The van der Waals surface area contributed by atoms with E-state index in [0.717, 1.165) is 11.3 Å². The molecule has 0 saturated carbocycles. The summed E-state index contributed by atoms with van der Waals surface area (Å²) in [4.78, 5) is 12.9. The molecule has 22 heavy (non-hydrogen) atoms. The number of halogens is 2. The van der Waals surface area contributed by atoms with Gasteiger partial charge in [0.1, 0.15) is 11.1 Å². The van der Waals surface area contributed by atoms with Crippen molar-refractivity contribution in [2.24, 2.45) is 0 Å². The highest BCUT2D eigenvalue weighted by Gasteiger charge is 2.12. The molecule has 0 bridgehead atoms. The molecule has 114 valence electrons. The number of nitrogens with zero attached hydrogens (tertiary/aromatic N) is 1. The minimum atomic E-state index is -0.552. The minimum Gasteiger partial charge on any atom is -0.481 e. The Kier molecular flexibility index (Phi) is 5.52. The lowest BCUT2D eigenvalue weighted by Crippen LogP contribution is -2.20. The molecule has 0 aliphatic heterocycles. The van der Waals surface area contributed by atoms with Crippen LogP contribution in [-0.2, 0) is 11.2 Å². The zero-order valence-electron chi connectivity index (χ0n) is 11.7. The largest absolute Gasteiger partial charge is 0.481 e. The summed E-state index contributed by atoms with van der Waals surface area (Å²) < 4.78 is 19.3. The van der Waals surface area contributed by atoms with Crippen LogP contribution >= 0.6 is 27.3 Å². The van der Waals surface area contributed by atoms with E-state index in [1.807, 2.05) is 13.0 Å². The van der Waals surface area contributed by atoms with Gasteiger partial charge in [0.2, 0.25) is 0 Å². The predicted molar refractivity (Wildman–Crippen MR) is 86.6 cm³/mol. The van der Waals surface area contributed by atoms with E-state index < -0.39 is 11.7 Å². The van der Waals surface area contributed by atoms with E-state index >= 15 is 0 Å². The Morgan fingerprint density at radius 3 is 2.91 bits per heavy atom. The van der Waals surface area contributed by atoms with E-state index in [2.05, 4.69) is 21.2 Å². The summed E-state index contributed by atoms with van der Waals surface area (Å²) in [5.74, 6) is -0.994. The van der Waals surface area contributed by atoms with E-state index in [-0.39, 0.29) is 12.4 Å². The van der Waals surface area contributed by atoms with Crippen molar-refractivity contribution in [1.82, 2.24) is 0 Å². The average molecular weight is 383 g/mol. The molecule has 2 aromatic rings. The van der Waals surface area contributed by atoms with Crippen LogP contribution in [0.2, 0.25) is 0 Å². The maximum atomic E-state index is 13.6. The molecule has 0 unspecified atom stereocenters. The number of carbonyl (C=O) groups excluding carboxylic acids is 1. The molecule has 1 aromatic heterocycles. The summed E-state index contributed by atoms with van der Waals surface area (Å²) in [7, 11) is 0. The van der Waals surface area contributed by atoms with Crippen molar-refractivity contribution >= 4 is 38.2 Å². The van der Waals surface area contributed by atoms with Gasteiger partial charge in [-0.05, 0) is 30.7 Å². The highest BCUT2D eigenvalue weighted by atomic mass is 79.9. The number of benzene rings is 1. The smallest absolute Gasteiger partial charge is 0.262 e. The molecule has 2 rings (SSSR count). The molecule has 4 nitrogen and oxygen atoms in total. The number of ether oxygens (including phenoxy) is 1. The quantitative estimate of drug-likeness (QED) is 0.846. The summed E-state index contributed by atoms with van der Waals surface area (Å²) in [6, 6.07) is 8.10. The standard InChI is InChI=1S/C15H12BrFN2O2S/c1-2-11-5-9(7-18)15(22-11)19-14(20)8-21-13-4-3-10(16)6-12(13)17/h3-6H,2,8H2,1H3,(H,19,20). The maximum Gasteiger partial charge on any atom is 0.262 e. The van der Waals surface area contributed by atoms with Crippen LogP contribution in [0.5, 0.6) is 5.75 Å². The molecule has 0 aliphatic rings. The Balaban J connectivity index is 1.99. The van der Waals surface area contributed by atoms with Crippen LogP contribution in [0.3, 0.4) is 0 Å². The maximum absolute atomic E-state index is 13.6. The lowest BCUT2D eigenvalue weighted by Gasteiger charge is -2.07. The molecule has 1 amide bonds. The number of nitrogens with one attached hydrogen (secondary N) is 1. The number of hydrogen-bond donors (Lipinski definition) is 1. The van der Waals surface area contributed by atoms with Gasteiger partial charge in [-0.1, -0.05) is 22.9 Å². The molecule has 0 fully saturated rings. The second-order valence-electron chi connectivity index (χ2n) is 4.33. The monoisotopic (exact) mass is 382 g/mol. The summed E-state index contributed by atoms with van der Waals surface area (Å²) in [5, 5.41) is 12.1. The first-order valence-corrected chi connectivity index (χ1v) is 8.05. The Morgan fingerprint density at radius 1 is 1.50 bits per heavy atom. The predicted octanol–water partition coefficient (Wildman–Crippen LogP) is 4.10. The topological polar surface area (TPSA) is 62.1 Å². The normalized spacial score (nSPS) is 10.1. The molecule has 1 aromatic carbocycles. The number of aryl methyl sites for hydroxylation is 1. The second kappa shape index (κ2) is 7.38. The first kappa shape index (κ1) is 16.5. The molecule has 0 aliphatic carbocycles. The minimum absolute atomic E-state index is 0.000663. The van der Waals surface area contributed by atoms with Crippen molar-refractivity contribution in [2.75, 3.05) is 11.9 Å². The number of anilines is 1. The summed E-state index contributed by atoms with van der Waals surface area (Å²) >= 11 is 4.49. The molecule has 7 heteroatoms. The fourth-order valence-corrected chi connectivity index (χ4v) is 2.99. The van der Waals surface area contributed by atoms with Gasteiger partial charge in [-0.15, -0.1) is 11.3 Å². The van der Waals surface area contributed by atoms with Gasteiger partial charge in [0.15, 0.2) is 18.2 Å². The first-order chi connectivity index (χ1) is 10.5. The van der Waals surface area contributed by atoms with Crippen molar-refractivity contribution in [3.05, 3.63) is 45.0 Å². The Hall–Kier alpha value is -1.91. The fraction of sp³-hybridized carbons (Fsp3) is 0.200. The highest BCUT2D eigenvalue weighted by molar-refractivity contribution is 9.10. The van der Waals surface area contributed by atoms with Crippen LogP contribution in [0.25, 0.3) is 0 Å². The third-order valence-electron chi connectivity index (χ3n) is 2.76. The van der Waals surface area contributed by atoms with Crippen molar-refractivity contribution in [1.29, 1.82) is 5.26 Å². The number of rotatable bonds is 5. The third-order valence-corrected chi connectivity index (χ3v) is 4.45. The van der Waals surface area contributed by atoms with Gasteiger partial charge in [-0.3, -0.25) is 4.79 Å². The molecule has 0 radical (unpaired) electrons. The van der Waals surface area contributed by atoms with E-state index in [9.17, 15) is 9.18 Å². The van der Waals surface area contributed by atoms with E-state index in [1.54, 1.807) is 12.1 Å². The fourth-order valence-electron chi connectivity index (χ4n) is 1.69. The third kappa shape index (κ3) is 4.06. The Labute approximate surface area is 139 Å². The number of carbonyl (C=O) groups is 1. The zero-order chi connectivity index (χ0) is 16.1. The molecular formula is C15H12BrFN2O2S. The zero-order valence-corrected chi connectivity index (χ0v) is 14.1. The van der Waals surface area contributed by atoms with Gasteiger partial charge in [-0.2, -0.15) is 5.26 Å². The van der Waals surface area contributed by atoms with Crippen LogP contribution in [0, 0.1) is 17.1 Å². The van der Waals surface area contributed by atoms with E-state index in [0.29, 0.717) is 15.0 Å². The van der Waals surface area contributed by atoms with Crippen molar-refractivity contribution in [3.63, 3.8) is 0 Å². The van der Waals surface area contributed by atoms with Gasteiger partial charge in [0.05, 0.1) is 5.56 Å². The number of hydrogen-bond acceptors (Lipinski definition) is 4. The summed E-state index contributed by atoms with van der Waals surface area (Å²) in [6.45, 7) is 1.64. The molecule has 1 heterocycles. The molecule has 0 saturated heterocycles. The Bertz CT molecular complexity index is 740. The van der Waals surface area contributed by atoms with Crippen molar-refractivity contribution in [2.45, 2.75) is 13.3 Å². The number of amides is 1. The number of nitriles is 1. The molecule has 0 spiro atoms. The van der Waals surface area contributed by atoms with Gasteiger partial charge < -0.3 is 10.1 Å². The lowest BCUT2D eigenvalue weighted by molar-refractivity contribution is -0.118. The van der Waals surface area contributed by atoms with Gasteiger partial charge >= 0.3 is 0 Å². The van der Waals surface area contributed by atoms with Gasteiger partial charge in [0.25, 0.3) is 5.91 Å². The summed E-state index contributed by atoms with van der Waals surface area (Å²) in [6.07, 6.45) is 0.788. The van der Waals surface area contributed by atoms with Crippen LogP contribution < -0.4 is 10.1 Å². The number of thiophene rings is 1. The highest BCUT2D eigenvalue weighted by Crippen LogP contribution is 2.28. The van der Waals surface area contributed by atoms with Crippen molar-refractivity contribution < 1.29 is 13.9 Å². The van der Waals surface area contributed by atoms with E-state index in [1.165, 1.54) is 23.5 Å². The average Bonchev–Trinajstić information content (AvgIpc) is 2.88. The van der Waals surface area contributed by atoms with Crippen LogP contribution in [0.1, 0.15) is 17.4 Å². The van der Waals surface area contributed by atoms with Crippen LogP contribution in [0.4, 0.5) is 9.39 Å². The van der Waals surface area contributed by atoms with Gasteiger partial charge in [0, 0.05) is 9.35 Å². The molecule has 0 atom stereocenters. The second-order valence-corrected chi connectivity index (χ2v) is 6.38. The van der Waals surface area contributed by atoms with Crippen molar-refractivity contribution in [3.8, 4) is 11.8 Å². The van der Waals surface area contributed by atoms with Crippen LogP contribution in [0.15, 0.2) is 28.7 Å². The molecular weight excluding hydrogens is 371 g/mol. The SMILES string of the molecule is CCc1cc(C#N)c(NC(=O)COc2ccc(Br)cc2F)s1. The van der Waals surface area contributed by atoms with E-state index in [4.69, 9.17) is 10.00 Å². The van der Waals surface area contributed by atoms with Crippen LogP contribution in [-0.4, -0.2) is 12.5 Å². The first-order valence-electron chi connectivity index (χ1n) is 6.44. The Morgan fingerprint density at radius 2 is 2.27 bits per heavy atom. The molecule has 1 N–H and O–H groups in total.